The van der Waals surface area contributed by atoms with Crippen LogP contribution in [-0.2, 0) is 0 Å². The lowest BCUT2D eigenvalue weighted by molar-refractivity contribution is 1.54. The Labute approximate surface area is 200 Å². The van der Waals surface area contributed by atoms with Gasteiger partial charge in [0.05, 0.1) is 11.7 Å². The van der Waals surface area contributed by atoms with E-state index in [9.17, 15) is 0 Å². The number of hydrogen-bond acceptors (Lipinski definition) is 7. The molecular weight excluding hydrogens is 477 g/mol. The number of nitrogens with zero attached hydrogens (tertiary/aromatic N) is 2. The van der Waals surface area contributed by atoms with Gasteiger partial charge in [0.15, 0.2) is 0 Å². The first-order valence-corrected chi connectivity index (χ1v) is 13.9. The third-order valence-electron chi connectivity index (χ3n) is 5.27. The molecule has 0 radical (unpaired) electrons. The van der Waals surface area contributed by atoms with Crippen LogP contribution in [0.15, 0.2) is 59.3 Å². The fourth-order valence-corrected chi connectivity index (χ4v) is 8.61. The first-order valence-electron chi connectivity index (χ1n) is 9.73. The quantitative estimate of drug-likeness (QED) is 0.245. The molecule has 0 aliphatic rings. The Hall–Kier alpha value is -2.16. The van der Waals surface area contributed by atoms with Crippen molar-refractivity contribution in [1.29, 1.82) is 0 Å². The maximum atomic E-state index is 4.71. The number of hydrogen-bond donors (Lipinski definition) is 0. The Balaban J connectivity index is 1.47. The summed E-state index contributed by atoms with van der Waals surface area (Å²) in [6.45, 7) is 4.39. The van der Waals surface area contributed by atoms with Gasteiger partial charge >= 0.3 is 0 Å². The van der Waals surface area contributed by atoms with Crippen molar-refractivity contribution < 1.29 is 0 Å². The molecule has 0 unspecified atom stereocenters. The van der Waals surface area contributed by atoms with Crippen molar-refractivity contribution in [3.05, 3.63) is 70.4 Å². The van der Waals surface area contributed by atoms with Crippen LogP contribution in [0.1, 0.15) is 11.1 Å². The predicted molar refractivity (Wildman–Crippen MR) is 140 cm³/mol. The Morgan fingerprint density at radius 2 is 1.10 bits per heavy atom. The van der Waals surface area contributed by atoms with Crippen LogP contribution in [0.4, 0.5) is 0 Å². The van der Waals surface area contributed by atoms with E-state index in [0.29, 0.717) is 0 Å². The van der Waals surface area contributed by atoms with E-state index in [1.807, 2.05) is 22.7 Å². The monoisotopic (exact) mass is 492 g/mol. The number of thiophene rings is 4. The number of fused-ring (bicyclic) bond motifs is 1. The summed E-state index contributed by atoms with van der Waals surface area (Å²) in [5, 5.41) is 4.28. The van der Waals surface area contributed by atoms with Crippen LogP contribution in [0.5, 0.6) is 0 Å². The van der Waals surface area contributed by atoms with Crippen molar-refractivity contribution in [2.24, 2.45) is 0 Å². The first-order chi connectivity index (χ1) is 15.2. The summed E-state index contributed by atoms with van der Waals surface area (Å²) in [6.07, 6.45) is 0. The highest BCUT2D eigenvalue weighted by atomic mass is 32.1. The molecule has 0 saturated heterocycles. The summed E-state index contributed by atoms with van der Waals surface area (Å²) >= 11 is 8.58. The molecule has 0 bridgehead atoms. The van der Waals surface area contributed by atoms with Crippen LogP contribution < -0.4 is 0 Å². The smallest absolute Gasteiger partial charge is 0.114 e. The van der Waals surface area contributed by atoms with E-state index >= 15 is 0 Å². The normalized spacial score (nSPS) is 11.5. The van der Waals surface area contributed by atoms with Crippen molar-refractivity contribution in [1.82, 2.24) is 8.75 Å². The highest BCUT2D eigenvalue weighted by Crippen LogP contribution is 2.45. The summed E-state index contributed by atoms with van der Waals surface area (Å²) in [7, 11) is 0. The standard InChI is InChI=1S/C24H16N2S5/c1-13-11-19(29-23(13)17-5-3-9-27-17)15-7-8-16(22-21(15)25-31-26-22)20-12-14(2)24(30-20)18-6-4-10-28-18/h3-12H,1-2H3. The van der Waals surface area contributed by atoms with Gasteiger partial charge in [0.1, 0.15) is 11.0 Å². The van der Waals surface area contributed by atoms with E-state index in [2.05, 4.69) is 73.1 Å². The number of aromatic nitrogens is 2. The third-order valence-corrected chi connectivity index (χ3v) is 10.4. The number of rotatable bonds is 4. The second-order valence-electron chi connectivity index (χ2n) is 7.32. The topological polar surface area (TPSA) is 25.8 Å². The van der Waals surface area contributed by atoms with Crippen molar-refractivity contribution in [3.63, 3.8) is 0 Å². The molecule has 6 aromatic rings. The van der Waals surface area contributed by atoms with Gasteiger partial charge in [-0.3, -0.25) is 0 Å². The van der Waals surface area contributed by atoms with E-state index in [1.165, 1.54) is 63.2 Å². The van der Waals surface area contributed by atoms with Gasteiger partial charge < -0.3 is 0 Å². The van der Waals surface area contributed by atoms with Gasteiger partial charge in [-0.25, -0.2) is 0 Å². The Kier molecular flexibility index (Phi) is 4.89. The summed E-state index contributed by atoms with van der Waals surface area (Å²) in [4.78, 5) is 7.86. The molecule has 0 saturated carbocycles. The largest absolute Gasteiger partial charge is 0.172 e. The summed E-state index contributed by atoms with van der Waals surface area (Å²) < 4.78 is 9.42. The van der Waals surface area contributed by atoms with Gasteiger partial charge in [-0.15, -0.1) is 45.3 Å². The van der Waals surface area contributed by atoms with Gasteiger partial charge in [-0.2, -0.15) is 8.75 Å². The lowest BCUT2D eigenvalue weighted by Gasteiger charge is -2.03. The van der Waals surface area contributed by atoms with Crippen molar-refractivity contribution in [3.8, 4) is 40.4 Å². The average Bonchev–Trinajstić information content (AvgIpc) is 3.57. The molecule has 152 valence electrons. The molecule has 31 heavy (non-hydrogen) atoms. The number of aryl methyl sites for hydroxylation is 2. The SMILES string of the molecule is Cc1cc(-c2ccc(-c3cc(C)c(-c4cccs4)s3)c3nsnc23)sc1-c1cccs1. The van der Waals surface area contributed by atoms with Crippen LogP contribution in [0.2, 0.25) is 0 Å². The van der Waals surface area contributed by atoms with Crippen molar-refractivity contribution >= 4 is 68.1 Å². The molecule has 0 atom stereocenters. The van der Waals surface area contributed by atoms with E-state index in [0.717, 1.165) is 11.0 Å². The minimum Gasteiger partial charge on any atom is -0.172 e. The molecule has 0 aliphatic heterocycles. The second-order valence-corrected chi connectivity index (χ2v) is 11.9. The first kappa shape index (κ1) is 19.5. The molecule has 0 N–H and O–H groups in total. The van der Waals surface area contributed by atoms with E-state index in [4.69, 9.17) is 8.75 Å². The average molecular weight is 493 g/mol. The Morgan fingerprint density at radius 1 is 0.613 bits per heavy atom. The Bertz CT molecular complexity index is 1380. The summed E-state index contributed by atoms with van der Waals surface area (Å²) in [5.41, 5.74) is 7.00. The van der Waals surface area contributed by atoms with Crippen LogP contribution in [0, 0.1) is 13.8 Å². The highest BCUT2D eigenvalue weighted by molar-refractivity contribution is 7.24. The highest BCUT2D eigenvalue weighted by Gasteiger charge is 2.19. The van der Waals surface area contributed by atoms with E-state index in [-0.39, 0.29) is 0 Å². The fraction of sp³-hybridized carbons (Fsp3) is 0.0833. The van der Waals surface area contributed by atoms with Gasteiger partial charge in [-0.1, -0.05) is 24.3 Å². The molecule has 2 nitrogen and oxygen atoms in total. The third kappa shape index (κ3) is 3.32. The van der Waals surface area contributed by atoms with Crippen LogP contribution >= 0.6 is 57.1 Å². The van der Waals surface area contributed by atoms with E-state index in [1.54, 1.807) is 22.7 Å². The molecule has 5 heterocycles. The molecule has 0 fully saturated rings. The number of benzene rings is 1. The molecular formula is C24H16N2S5. The van der Waals surface area contributed by atoms with Crippen LogP contribution in [-0.4, -0.2) is 8.75 Å². The molecule has 1 aromatic carbocycles. The minimum atomic E-state index is 1.00. The maximum absolute atomic E-state index is 4.71. The summed E-state index contributed by atoms with van der Waals surface area (Å²) in [5.74, 6) is 0. The minimum absolute atomic E-state index is 1.00. The summed E-state index contributed by atoms with van der Waals surface area (Å²) in [6, 6.07) is 17.6. The lowest BCUT2D eigenvalue weighted by Crippen LogP contribution is -1.82. The van der Waals surface area contributed by atoms with Gasteiger partial charge in [0.2, 0.25) is 0 Å². The molecule has 6 rings (SSSR count). The molecule has 0 amide bonds. The van der Waals surface area contributed by atoms with Gasteiger partial charge in [0.25, 0.3) is 0 Å². The van der Waals surface area contributed by atoms with Crippen LogP contribution in [0.25, 0.3) is 51.4 Å². The van der Waals surface area contributed by atoms with Crippen molar-refractivity contribution in [2.75, 3.05) is 0 Å². The molecule has 5 aromatic heterocycles. The fourth-order valence-electron chi connectivity index (χ4n) is 3.80. The van der Waals surface area contributed by atoms with Crippen molar-refractivity contribution in [2.45, 2.75) is 13.8 Å². The zero-order valence-corrected chi connectivity index (χ0v) is 20.8. The zero-order valence-electron chi connectivity index (χ0n) is 16.7. The molecule has 0 spiro atoms. The van der Waals surface area contributed by atoms with E-state index < -0.39 is 0 Å². The van der Waals surface area contributed by atoms with Gasteiger partial charge in [0, 0.05) is 40.4 Å². The predicted octanol–water partition coefficient (Wildman–Crippen LogP) is 9.22. The second kappa shape index (κ2) is 7.76. The van der Waals surface area contributed by atoms with Crippen LogP contribution in [0.3, 0.4) is 0 Å². The zero-order chi connectivity index (χ0) is 20.9. The molecule has 0 aliphatic carbocycles. The lowest BCUT2D eigenvalue weighted by atomic mass is 10.0. The van der Waals surface area contributed by atoms with Gasteiger partial charge in [-0.05, 0) is 60.0 Å². The Morgan fingerprint density at radius 3 is 1.52 bits per heavy atom. The molecule has 7 heteroatoms. The maximum Gasteiger partial charge on any atom is 0.114 e.